The second kappa shape index (κ2) is 11.7. The van der Waals surface area contributed by atoms with Crippen LogP contribution in [0, 0.1) is 0 Å². The van der Waals surface area contributed by atoms with E-state index in [0.717, 1.165) is 25.1 Å². The molecule has 118 valence electrons. The van der Waals surface area contributed by atoms with E-state index < -0.39 is 0 Å². The molecule has 0 aliphatic heterocycles. The molecule has 1 N–H and O–H groups in total. The fourth-order valence-electron chi connectivity index (χ4n) is 1.72. The first-order chi connectivity index (χ1) is 8.54. The monoisotopic (exact) mass is 362 g/mol. The summed E-state index contributed by atoms with van der Waals surface area (Å²) in [7, 11) is 5.75. The maximum atomic E-state index is 6.07. The maximum absolute atomic E-state index is 6.07. The van der Waals surface area contributed by atoms with Crippen LogP contribution in [0.2, 0.25) is 10.0 Å². The Kier molecular flexibility index (Phi) is 13.1. The molecule has 0 aliphatic rings. The number of methoxy groups -OCH3 is 1. The first-order valence-corrected chi connectivity index (χ1v) is 6.67. The van der Waals surface area contributed by atoms with Gasteiger partial charge in [-0.3, -0.25) is 0 Å². The molecule has 1 rings (SSSR count). The van der Waals surface area contributed by atoms with Gasteiger partial charge in [0, 0.05) is 17.1 Å². The van der Waals surface area contributed by atoms with E-state index in [-0.39, 0.29) is 24.8 Å². The first kappa shape index (κ1) is 22.4. The summed E-state index contributed by atoms with van der Waals surface area (Å²) in [5, 5.41) is 4.54. The molecule has 0 spiro atoms. The molecule has 7 heteroatoms. The van der Waals surface area contributed by atoms with Crippen molar-refractivity contribution in [2.75, 3.05) is 34.3 Å². The van der Waals surface area contributed by atoms with E-state index in [1.54, 1.807) is 13.2 Å². The third-order valence-electron chi connectivity index (χ3n) is 2.56. The van der Waals surface area contributed by atoms with Gasteiger partial charge in [-0.05, 0) is 45.7 Å². The summed E-state index contributed by atoms with van der Waals surface area (Å²) < 4.78 is 5.29. The van der Waals surface area contributed by atoms with Crippen LogP contribution in [0.1, 0.15) is 12.0 Å². The van der Waals surface area contributed by atoms with Gasteiger partial charge in [0.05, 0.1) is 12.1 Å². The summed E-state index contributed by atoms with van der Waals surface area (Å²) in [6.07, 6.45) is 1.10. The molecule has 20 heavy (non-hydrogen) atoms. The molecule has 0 atom stereocenters. The molecule has 1 aromatic carbocycles. The van der Waals surface area contributed by atoms with Gasteiger partial charge in [-0.15, -0.1) is 24.8 Å². The first-order valence-electron chi connectivity index (χ1n) is 5.92. The smallest absolute Gasteiger partial charge is 0.142 e. The van der Waals surface area contributed by atoms with Crippen LogP contribution in [0.4, 0.5) is 0 Å². The van der Waals surface area contributed by atoms with Crippen molar-refractivity contribution in [3.05, 3.63) is 27.7 Å². The van der Waals surface area contributed by atoms with E-state index in [9.17, 15) is 0 Å². The average Bonchev–Trinajstić information content (AvgIpc) is 2.27. The lowest BCUT2D eigenvalue weighted by atomic mass is 10.2. The molecule has 0 unspecified atom stereocenters. The van der Waals surface area contributed by atoms with E-state index in [0.29, 0.717) is 22.3 Å². The summed E-state index contributed by atoms with van der Waals surface area (Å²) in [5.74, 6) is 0.696. The summed E-state index contributed by atoms with van der Waals surface area (Å²) in [6, 6.07) is 3.57. The van der Waals surface area contributed by atoms with E-state index in [2.05, 4.69) is 24.3 Å². The fraction of sp³-hybridized carbons (Fsp3) is 0.538. The predicted molar refractivity (Wildman–Crippen MR) is 92.4 cm³/mol. The van der Waals surface area contributed by atoms with Crippen LogP contribution in [0.5, 0.6) is 5.75 Å². The van der Waals surface area contributed by atoms with Crippen molar-refractivity contribution in [3.8, 4) is 5.75 Å². The Morgan fingerprint density at radius 3 is 2.40 bits per heavy atom. The fourth-order valence-corrected chi connectivity index (χ4v) is 2.33. The van der Waals surface area contributed by atoms with Crippen molar-refractivity contribution in [2.24, 2.45) is 0 Å². The molecule has 0 bridgehead atoms. The van der Waals surface area contributed by atoms with Crippen LogP contribution in [-0.2, 0) is 6.54 Å². The van der Waals surface area contributed by atoms with Crippen LogP contribution >= 0.6 is 48.0 Å². The number of hydrogen-bond donors (Lipinski definition) is 1. The number of rotatable bonds is 7. The Hall–Kier alpha value is 0.1000. The molecule has 0 amide bonds. The van der Waals surface area contributed by atoms with Crippen molar-refractivity contribution in [1.29, 1.82) is 0 Å². The van der Waals surface area contributed by atoms with Crippen LogP contribution < -0.4 is 10.1 Å². The molecular weight excluding hydrogens is 342 g/mol. The molecule has 3 nitrogen and oxygen atoms in total. The minimum absolute atomic E-state index is 0. The molecule has 0 aliphatic carbocycles. The molecule has 0 saturated heterocycles. The van der Waals surface area contributed by atoms with Gasteiger partial charge in [-0.25, -0.2) is 0 Å². The summed E-state index contributed by atoms with van der Waals surface area (Å²) in [4.78, 5) is 2.17. The van der Waals surface area contributed by atoms with Crippen molar-refractivity contribution < 1.29 is 4.74 Å². The van der Waals surface area contributed by atoms with Crippen molar-refractivity contribution in [3.63, 3.8) is 0 Å². The summed E-state index contributed by atoms with van der Waals surface area (Å²) in [5.41, 5.74) is 0.986. The standard InChI is InChI=1S/C13H20Cl2N2O.2ClH/c1-17(2)6-4-5-16-9-10-7-11(14)8-12(15)13(10)18-3;;/h7-8,16H,4-6,9H2,1-3H3;2*1H. The van der Waals surface area contributed by atoms with Gasteiger partial charge >= 0.3 is 0 Å². The van der Waals surface area contributed by atoms with E-state index in [1.165, 1.54) is 0 Å². The zero-order valence-electron chi connectivity index (χ0n) is 11.9. The Labute approximate surface area is 143 Å². The lowest BCUT2D eigenvalue weighted by Crippen LogP contribution is -2.21. The largest absolute Gasteiger partial charge is 0.495 e. The van der Waals surface area contributed by atoms with E-state index in [4.69, 9.17) is 27.9 Å². The van der Waals surface area contributed by atoms with Gasteiger partial charge in [-0.1, -0.05) is 23.2 Å². The van der Waals surface area contributed by atoms with Crippen LogP contribution in [0.15, 0.2) is 12.1 Å². The summed E-state index contributed by atoms with van der Waals surface area (Å²) >= 11 is 12.1. The van der Waals surface area contributed by atoms with Crippen LogP contribution in [0.3, 0.4) is 0 Å². The zero-order chi connectivity index (χ0) is 13.5. The maximum Gasteiger partial charge on any atom is 0.142 e. The van der Waals surface area contributed by atoms with Crippen molar-refractivity contribution in [2.45, 2.75) is 13.0 Å². The van der Waals surface area contributed by atoms with Gasteiger partial charge < -0.3 is 15.0 Å². The Morgan fingerprint density at radius 2 is 1.85 bits per heavy atom. The molecular formula is C13H22Cl4N2O. The molecule has 1 aromatic rings. The Morgan fingerprint density at radius 1 is 1.20 bits per heavy atom. The molecule has 0 aromatic heterocycles. The normalized spacial score (nSPS) is 9.90. The van der Waals surface area contributed by atoms with Gasteiger partial charge in [0.2, 0.25) is 0 Å². The van der Waals surface area contributed by atoms with Crippen molar-refractivity contribution >= 4 is 48.0 Å². The highest BCUT2D eigenvalue weighted by Gasteiger charge is 2.09. The molecule has 0 fully saturated rings. The van der Waals surface area contributed by atoms with Crippen LogP contribution in [0.25, 0.3) is 0 Å². The number of benzene rings is 1. The quantitative estimate of drug-likeness (QED) is 0.744. The zero-order valence-corrected chi connectivity index (χ0v) is 15.1. The molecule has 0 saturated carbocycles. The number of halogens is 4. The Balaban J connectivity index is 0. The van der Waals surface area contributed by atoms with Crippen LogP contribution in [-0.4, -0.2) is 39.2 Å². The number of hydrogen-bond acceptors (Lipinski definition) is 3. The highest BCUT2D eigenvalue weighted by Crippen LogP contribution is 2.31. The number of nitrogens with zero attached hydrogens (tertiary/aromatic N) is 1. The summed E-state index contributed by atoms with van der Waals surface area (Å²) in [6.45, 7) is 2.72. The SMILES string of the molecule is COc1c(Cl)cc(Cl)cc1CNCCCN(C)C.Cl.Cl. The average molecular weight is 364 g/mol. The minimum atomic E-state index is 0. The second-order valence-electron chi connectivity index (χ2n) is 4.41. The molecule has 0 radical (unpaired) electrons. The van der Waals surface area contributed by atoms with Crippen molar-refractivity contribution in [1.82, 2.24) is 10.2 Å². The number of nitrogens with one attached hydrogen (secondary N) is 1. The van der Waals surface area contributed by atoms with Gasteiger partial charge in [0.25, 0.3) is 0 Å². The van der Waals surface area contributed by atoms with Gasteiger partial charge in [-0.2, -0.15) is 0 Å². The van der Waals surface area contributed by atoms with Gasteiger partial charge in [0.15, 0.2) is 0 Å². The highest BCUT2D eigenvalue weighted by atomic mass is 35.5. The van der Waals surface area contributed by atoms with E-state index >= 15 is 0 Å². The lowest BCUT2D eigenvalue weighted by molar-refractivity contribution is 0.391. The third kappa shape index (κ3) is 7.77. The molecule has 0 heterocycles. The third-order valence-corrected chi connectivity index (χ3v) is 3.06. The highest BCUT2D eigenvalue weighted by molar-refractivity contribution is 6.35. The van der Waals surface area contributed by atoms with Gasteiger partial charge in [0.1, 0.15) is 5.75 Å². The number of ether oxygens (including phenoxy) is 1. The Bertz CT molecular complexity index is 389. The minimum Gasteiger partial charge on any atom is -0.495 e. The van der Waals surface area contributed by atoms with E-state index in [1.807, 2.05) is 6.07 Å². The predicted octanol–water partition coefficient (Wildman–Crippen LogP) is 3.89. The second-order valence-corrected chi connectivity index (χ2v) is 5.26. The lowest BCUT2D eigenvalue weighted by Gasteiger charge is -2.13. The topological polar surface area (TPSA) is 24.5 Å².